The molecule has 3 aromatic rings. The number of ether oxygens (including phenoxy) is 1. The molecule has 1 saturated heterocycles. The SMILES string of the molecule is O=C(Cc1cccc2ccccc12)NCC(=O)Nc1cc(Cl)ccc1N1CCOCC1. The Morgan fingerprint density at radius 1 is 0.968 bits per heavy atom. The molecule has 3 aromatic carbocycles. The van der Waals surface area contributed by atoms with Gasteiger partial charge in [-0.15, -0.1) is 0 Å². The van der Waals surface area contributed by atoms with Crippen molar-refractivity contribution in [1.82, 2.24) is 5.32 Å². The average molecular weight is 438 g/mol. The van der Waals surface area contributed by atoms with E-state index in [4.69, 9.17) is 16.3 Å². The lowest BCUT2D eigenvalue weighted by atomic mass is 10.0. The second-order valence-corrected chi connectivity index (χ2v) is 7.84. The molecule has 160 valence electrons. The van der Waals surface area contributed by atoms with Crippen molar-refractivity contribution in [2.45, 2.75) is 6.42 Å². The minimum atomic E-state index is -0.303. The van der Waals surface area contributed by atoms with Gasteiger partial charge in [-0.1, -0.05) is 54.1 Å². The van der Waals surface area contributed by atoms with Crippen molar-refractivity contribution in [2.75, 3.05) is 43.1 Å². The first-order valence-corrected chi connectivity index (χ1v) is 10.6. The summed E-state index contributed by atoms with van der Waals surface area (Å²) in [6.07, 6.45) is 0.213. The minimum absolute atomic E-state index is 0.112. The lowest BCUT2D eigenvalue weighted by Gasteiger charge is -2.30. The Labute approximate surface area is 186 Å². The average Bonchev–Trinajstić information content (AvgIpc) is 2.79. The zero-order valence-electron chi connectivity index (χ0n) is 17.1. The molecule has 2 N–H and O–H groups in total. The molecule has 31 heavy (non-hydrogen) atoms. The lowest BCUT2D eigenvalue weighted by molar-refractivity contribution is -0.123. The largest absolute Gasteiger partial charge is 0.378 e. The van der Waals surface area contributed by atoms with Crippen molar-refractivity contribution in [3.05, 3.63) is 71.2 Å². The maximum Gasteiger partial charge on any atom is 0.243 e. The van der Waals surface area contributed by atoms with Crippen molar-refractivity contribution in [3.63, 3.8) is 0 Å². The summed E-state index contributed by atoms with van der Waals surface area (Å²) in [4.78, 5) is 27.1. The van der Waals surface area contributed by atoms with Crippen LogP contribution in [0.1, 0.15) is 5.56 Å². The zero-order valence-corrected chi connectivity index (χ0v) is 17.8. The number of fused-ring (bicyclic) bond motifs is 1. The van der Waals surface area contributed by atoms with Crippen LogP contribution in [0.2, 0.25) is 5.02 Å². The van der Waals surface area contributed by atoms with E-state index in [1.807, 2.05) is 48.5 Å². The first-order chi connectivity index (χ1) is 15.1. The molecule has 2 amide bonds. The monoisotopic (exact) mass is 437 g/mol. The first kappa shape index (κ1) is 21.2. The summed E-state index contributed by atoms with van der Waals surface area (Å²) in [6, 6.07) is 19.2. The van der Waals surface area contributed by atoms with E-state index in [0.717, 1.165) is 35.1 Å². The quantitative estimate of drug-likeness (QED) is 0.617. The van der Waals surface area contributed by atoms with Crippen LogP contribution in [0.15, 0.2) is 60.7 Å². The Kier molecular flexibility index (Phi) is 6.70. The molecular formula is C24H24ClN3O3. The number of amides is 2. The second-order valence-electron chi connectivity index (χ2n) is 7.40. The fourth-order valence-corrected chi connectivity index (χ4v) is 3.92. The highest BCUT2D eigenvalue weighted by molar-refractivity contribution is 6.31. The molecule has 1 fully saturated rings. The van der Waals surface area contributed by atoms with Crippen LogP contribution in [0.25, 0.3) is 10.8 Å². The fourth-order valence-electron chi connectivity index (χ4n) is 3.74. The lowest BCUT2D eigenvalue weighted by Crippen LogP contribution is -2.37. The number of anilines is 2. The van der Waals surface area contributed by atoms with Crippen LogP contribution in [-0.4, -0.2) is 44.7 Å². The van der Waals surface area contributed by atoms with Crippen molar-refractivity contribution in [3.8, 4) is 0 Å². The zero-order chi connectivity index (χ0) is 21.6. The standard InChI is InChI=1S/C24H24ClN3O3/c25-19-8-9-22(28-10-12-31-13-11-28)21(15-19)27-24(30)16-26-23(29)14-18-6-3-5-17-4-1-2-7-20(17)18/h1-9,15H,10-14,16H2,(H,26,29)(H,27,30). The van der Waals surface area contributed by atoms with Gasteiger partial charge in [-0.2, -0.15) is 0 Å². The summed E-state index contributed by atoms with van der Waals surface area (Å²) in [5, 5.41) is 8.25. The number of hydrogen-bond donors (Lipinski definition) is 2. The molecule has 1 aliphatic heterocycles. The molecule has 0 radical (unpaired) electrons. The van der Waals surface area contributed by atoms with Crippen LogP contribution in [-0.2, 0) is 20.7 Å². The molecule has 7 heteroatoms. The highest BCUT2D eigenvalue weighted by Crippen LogP contribution is 2.29. The summed E-state index contributed by atoms with van der Waals surface area (Å²) in [5.41, 5.74) is 2.45. The Bertz CT molecular complexity index is 1090. The molecule has 0 aliphatic carbocycles. The number of nitrogens with zero attached hydrogens (tertiary/aromatic N) is 1. The molecule has 1 heterocycles. The van der Waals surface area contributed by atoms with E-state index in [1.165, 1.54) is 0 Å². The van der Waals surface area contributed by atoms with Gasteiger partial charge in [0.05, 0.1) is 37.6 Å². The molecule has 0 bridgehead atoms. The molecular weight excluding hydrogens is 414 g/mol. The number of benzene rings is 3. The van der Waals surface area contributed by atoms with Crippen LogP contribution >= 0.6 is 11.6 Å². The summed E-state index contributed by atoms with van der Waals surface area (Å²) < 4.78 is 5.40. The highest BCUT2D eigenvalue weighted by Gasteiger charge is 2.17. The first-order valence-electron chi connectivity index (χ1n) is 10.3. The number of morpholine rings is 1. The third-order valence-electron chi connectivity index (χ3n) is 5.26. The minimum Gasteiger partial charge on any atom is -0.378 e. The van der Waals surface area contributed by atoms with E-state index < -0.39 is 0 Å². The number of nitrogens with one attached hydrogen (secondary N) is 2. The van der Waals surface area contributed by atoms with Crippen molar-refractivity contribution in [2.24, 2.45) is 0 Å². The molecule has 0 saturated carbocycles. The summed E-state index contributed by atoms with van der Waals surface area (Å²) in [6.45, 7) is 2.65. The van der Waals surface area contributed by atoms with Crippen molar-refractivity contribution < 1.29 is 14.3 Å². The van der Waals surface area contributed by atoms with E-state index in [2.05, 4.69) is 15.5 Å². The van der Waals surface area contributed by atoms with E-state index >= 15 is 0 Å². The topological polar surface area (TPSA) is 70.7 Å². The molecule has 0 atom stereocenters. The number of rotatable bonds is 6. The van der Waals surface area contributed by atoms with Gasteiger partial charge in [0.2, 0.25) is 11.8 Å². The van der Waals surface area contributed by atoms with Gasteiger partial charge in [0.1, 0.15) is 0 Å². The molecule has 0 unspecified atom stereocenters. The van der Waals surface area contributed by atoms with Gasteiger partial charge in [0, 0.05) is 18.1 Å². The van der Waals surface area contributed by atoms with E-state index in [0.29, 0.717) is 23.9 Å². The predicted octanol–water partition coefficient (Wildman–Crippen LogP) is 3.63. The third-order valence-corrected chi connectivity index (χ3v) is 5.50. The van der Waals surface area contributed by atoms with E-state index in [1.54, 1.807) is 12.1 Å². The predicted molar refractivity (Wildman–Crippen MR) is 124 cm³/mol. The fraction of sp³-hybridized carbons (Fsp3) is 0.250. The van der Waals surface area contributed by atoms with Crippen molar-refractivity contribution in [1.29, 1.82) is 0 Å². The molecule has 6 nitrogen and oxygen atoms in total. The van der Waals surface area contributed by atoms with Gasteiger partial charge in [-0.25, -0.2) is 0 Å². The van der Waals surface area contributed by atoms with Crippen LogP contribution < -0.4 is 15.5 Å². The number of hydrogen-bond acceptors (Lipinski definition) is 4. The summed E-state index contributed by atoms with van der Waals surface area (Å²) in [5.74, 6) is -0.506. The van der Waals surface area contributed by atoms with Gasteiger partial charge >= 0.3 is 0 Å². The summed E-state index contributed by atoms with van der Waals surface area (Å²) in [7, 11) is 0. The molecule has 1 aliphatic rings. The van der Waals surface area contributed by atoms with Crippen LogP contribution in [0.5, 0.6) is 0 Å². The van der Waals surface area contributed by atoms with E-state index in [-0.39, 0.29) is 24.8 Å². The Morgan fingerprint density at radius 2 is 1.74 bits per heavy atom. The van der Waals surface area contributed by atoms with E-state index in [9.17, 15) is 9.59 Å². The summed E-state index contributed by atoms with van der Waals surface area (Å²) >= 11 is 6.14. The van der Waals surface area contributed by atoms with Gasteiger partial charge in [0.25, 0.3) is 0 Å². The Hall–Kier alpha value is -3.09. The Balaban J connectivity index is 1.37. The maximum absolute atomic E-state index is 12.5. The maximum atomic E-state index is 12.5. The normalized spacial score (nSPS) is 13.8. The Morgan fingerprint density at radius 3 is 2.58 bits per heavy atom. The number of carbonyl (C=O) groups excluding carboxylic acids is 2. The van der Waals surface area contributed by atoms with Crippen LogP contribution in [0.4, 0.5) is 11.4 Å². The molecule has 0 spiro atoms. The number of carbonyl (C=O) groups is 2. The van der Waals surface area contributed by atoms with Gasteiger partial charge in [0.15, 0.2) is 0 Å². The second kappa shape index (κ2) is 9.81. The van der Waals surface area contributed by atoms with Crippen molar-refractivity contribution >= 4 is 45.6 Å². The number of halogens is 1. The van der Waals surface area contributed by atoms with Gasteiger partial charge in [-0.3, -0.25) is 9.59 Å². The van der Waals surface area contributed by atoms with Gasteiger partial charge in [-0.05, 0) is 34.5 Å². The highest BCUT2D eigenvalue weighted by atomic mass is 35.5. The molecule has 4 rings (SSSR count). The van der Waals surface area contributed by atoms with Crippen LogP contribution in [0, 0.1) is 0 Å². The van der Waals surface area contributed by atoms with Gasteiger partial charge < -0.3 is 20.3 Å². The molecule has 0 aromatic heterocycles. The van der Waals surface area contributed by atoms with Crippen LogP contribution in [0.3, 0.4) is 0 Å². The smallest absolute Gasteiger partial charge is 0.243 e. The third kappa shape index (κ3) is 5.34.